The molecule has 6 nitrogen and oxygen atoms in total. The van der Waals surface area contributed by atoms with E-state index < -0.39 is 0 Å². The topological polar surface area (TPSA) is 68.8 Å². The number of hydrogen-bond acceptors (Lipinski definition) is 5. The molecule has 0 spiro atoms. The van der Waals surface area contributed by atoms with Gasteiger partial charge in [-0.25, -0.2) is 0 Å². The third-order valence-electron chi connectivity index (χ3n) is 3.25. The van der Waals surface area contributed by atoms with Crippen molar-refractivity contribution in [2.45, 2.75) is 18.8 Å². The first-order valence-electron chi connectivity index (χ1n) is 5.72. The lowest BCUT2D eigenvalue weighted by molar-refractivity contribution is 0.306. The average Bonchev–Trinajstić information content (AvgIpc) is 2.96. The molecule has 0 saturated carbocycles. The maximum Gasteiger partial charge on any atom is 0.234 e. The molecule has 1 unspecified atom stereocenters. The lowest BCUT2D eigenvalue weighted by Crippen LogP contribution is -2.25. The highest BCUT2D eigenvalue weighted by Crippen LogP contribution is 2.29. The first-order chi connectivity index (χ1) is 8.17. The summed E-state index contributed by atoms with van der Waals surface area (Å²) in [4.78, 5) is 4.45. The maximum atomic E-state index is 5.36. The van der Waals surface area contributed by atoms with Gasteiger partial charge in [0.2, 0.25) is 11.7 Å². The maximum absolute atomic E-state index is 5.36. The zero-order chi connectivity index (χ0) is 11.9. The molecule has 1 fully saturated rings. The molecule has 1 atom stereocenters. The van der Waals surface area contributed by atoms with Gasteiger partial charge in [-0.3, -0.25) is 4.68 Å². The molecular weight excluding hydrogens is 218 g/mol. The monoisotopic (exact) mass is 233 g/mol. The predicted molar refractivity (Wildman–Crippen MR) is 61.3 cm³/mol. The fraction of sp³-hybridized carbons (Fsp3) is 0.545. The summed E-state index contributed by atoms with van der Waals surface area (Å²) in [6, 6.07) is 1.88. The van der Waals surface area contributed by atoms with Gasteiger partial charge in [-0.1, -0.05) is 5.16 Å². The summed E-state index contributed by atoms with van der Waals surface area (Å²) in [5.41, 5.74) is 0.706. The molecule has 0 aliphatic carbocycles. The highest BCUT2D eigenvalue weighted by molar-refractivity contribution is 5.46. The lowest BCUT2D eigenvalue weighted by atomic mass is 9.90. The summed E-state index contributed by atoms with van der Waals surface area (Å²) < 4.78 is 7.09. The van der Waals surface area contributed by atoms with Crippen LogP contribution in [0, 0.1) is 0 Å². The van der Waals surface area contributed by atoms with E-state index in [0.29, 0.717) is 11.7 Å². The Hall–Kier alpha value is -1.69. The van der Waals surface area contributed by atoms with E-state index >= 15 is 0 Å². The minimum atomic E-state index is -0.0416. The molecule has 17 heavy (non-hydrogen) atoms. The molecule has 1 saturated heterocycles. The van der Waals surface area contributed by atoms with Crippen molar-refractivity contribution < 1.29 is 4.52 Å². The van der Waals surface area contributed by atoms with Crippen LogP contribution >= 0.6 is 0 Å². The van der Waals surface area contributed by atoms with Gasteiger partial charge in [-0.2, -0.15) is 10.1 Å². The number of hydrogen-bond donors (Lipinski definition) is 1. The van der Waals surface area contributed by atoms with Gasteiger partial charge in [0.25, 0.3) is 0 Å². The Balaban J connectivity index is 1.92. The third kappa shape index (κ3) is 1.74. The van der Waals surface area contributed by atoms with Gasteiger partial charge in [-0.05, 0) is 26.0 Å². The summed E-state index contributed by atoms with van der Waals surface area (Å²) in [5, 5.41) is 11.6. The van der Waals surface area contributed by atoms with Crippen LogP contribution in [-0.2, 0) is 12.5 Å². The van der Waals surface area contributed by atoms with Crippen LogP contribution in [-0.4, -0.2) is 33.0 Å². The molecule has 0 bridgehead atoms. The molecule has 0 radical (unpaired) electrons. The molecule has 3 rings (SSSR count). The molecule has 0 aromatic carbocycles. The Kier molecular flexibility index (Phi) is 2.25. The van der Waals surface area contributed by atoms with Crippen molar-refractivity contribution in [2.75, 3.05) is 13.1 Å². The molecule has 1 aliphatic rings. The molecule has 6 heteroatoms. The van der Waals surface area contributed by atoms with Gasteiger partial charge in [0.1, 0.15) is 5.69 Å². The van der Waals surface area contributed by atoms with E-state index in [1.165, 1.54) is 0 Å². The van der Waals surface area contributed by atoms with E-state index in [2.05, 4.69) is 27.5 Å². The van der Waals surface area contributed by atoms with Crippen LogP contribution in [0.15, 0.2) is 16.8 Å². The Bertz CT molecular complexity index is 523. The lowest BCUT2D eigenvalue weighted by Gasteiger charge is -2.15. The fourth-order valence-electron chi connectivity index (χ4n) is 2.11. The van der Waals surface area contributed by atoms with Crippen molar-refractivity contribution in [2.24, 2.45) is 7.05 Å². The molecule has 1 N–H and O–H groups in total. The van der Waals surface area contributed by atoms with Gasteiger partial charge in [0, 0.05) is 19.8 Å². The van der Waals surface area contributed by atoms with Crippen LogP contribution in [0.1, 0.15) is 19.2 Å². The normalized spacial score (nSPS) is 24.4. The Morgan fingerprint density at radius 1 is 1.53 bits per heavy atom. The SMILES string of the molecule is Cn1ccc(-c2noc(C3(C)CCNC3)n2)n1. The van der Waals surface area contributed by atoms with Crippen LogP contribution in [0.5, 0.6) is 0 Å². The Labute approximate surface area is 99.0 Å². The van der Waals surface area contributed by atoms with E-state index in [0.717, 1.165) is 25.2 Å². The van der Waals surface area contributed by atoms with E-state index in [1.807, 2.05) is 19.3 Å². The van der Waals surface area contributed by atoms with Crippen LogP contribution in [0.2, 0.25) is 0 Å². The molecule has 0 amide bonds. The quantitative estimate of drug-likeness (QED) is 0.827. The van der Waals surface area contributed by atoms with Crippen molar-refractivity contribution in [3.63, 3.8) is 0 Å². The van der Waals surface area contributed by atoms with Crippen molar-refractivity contribution >= 4 is 0 Å². The van der Waals surface area contributed by atoms with Gasteiger partial charge < -0.3 is 9.84 Å². The molecule has 90 valence electrons. The van der Waals surface area contributed by atoms with E-state index in [4.69, 9.17) is 4.52 Å². The zero-order valence-electron chi connectivity index (χ0n) is 9.97. The fourth-order valence-corrected chi connectivity index (χ4v) is 2.11. The molecule has 3 heterocycles. The highest BCUT2D eigenvalue weighted by Gasteiger charge is 2.36. The zero-order valence-corrected chi connectivity index (χ0v) is 9.97. The summed E-state index contributed by atoms with van der Waals surface area (Å²) in [6.07, 6.45) is 2.89. The minimum Gasteiger partial charge on any atom is -0.338 e. The van der Waals surface area contributed by atoms with Crippen LogP contribution in [0.4, 0.5) is 0 Å². The Morgan fingerprint density at radius 3 is 3.06 bits per heavy atom. The highest BCUT2D eigenvalue weighted by atomic mass is 16.5. The van der Waals surface area contributed by atoms with Crippen molar-refractivity contribution in [1.29, 1.82) is 0 Å². The second-order valence-corrected chi connectivity index (χ2v) is 4.79. The molecule has 2 aromatic rings. The summed E-state index contributed by atoms with van der Waals surface area (Å²) >= 11 is 0. The van der Waals surface area contributed by atoms with E-state index in [1.54, 1.807) is 4.68 Å². The second kappa shape index (κ2) is 3.66. The average molecular weight is 233 g/mol. The number of rotatable bonds is 2. The summed E-state index contributed by atoms with van der Waals surface area (Å²) in [6.45, 7) is 4.03. The standard InChI is InChI=1S/C11H15N5O/c1-11(4-5-12-7-11)10-13-9(15-17-10)8-3-6-16(2)14-8/h3,6,12H,4-5,7H2,1-2H3. The third-order valence-corrected chi connectivity index (χ3v) is 3.25. The van der Waals surface area contributed by atoms with Crippen molar-refractivity contribution in [1.82, 2.24) is 25.2 Å². The van der Waals surface area contributed by atoms with Crippen molar-refractivity contribution in [3.8, 4) is 11.5 Å². The number of nitrogens with one attached hydrogen (secondary N) is 1. The molecule has 2 aromatic heterocycles. The predicted octanol–water partition coefficient (Wildman–Crippen LogP) is 0.721. The van der Waals surface area contributed by atoms with Crippen molar-refractivity contribution in [3.05, 3.63) is 18.2 Å². The largest absolute Gasteiger partial charge is 0.338 e. The number of aryl methyl sites for hydroxylation is 1. The van der Waals surface area contributed by atoms with Gasteiger partial charge >= 0.3 is 0 Å². The first kappa shape index (κ1) is 10.5. The first-order valence-corrected chi connectivity index (χ1v) is 5.72. The molecule has 1 aliphatic heterocycles. The van der Waals surface area contributed by atoms with Gasteiger partial charge in [0.15, 0.2) is 0 Å². The van der Waals surface area contributed by atoms with E-state index in [-0.39, 0.29) is 5.41 Å². The van der Waals surface area contributed by atoms with Crippen LogP contribution < -0.4 is 5.32 Å². The van der Waals surface area contributed by atoms with Crippen LogP contribution in [0.3, 0.4) is 0 Å². The summed E-state index contributed by atoms with van der Waals surface area (Å²) in [7, 11) is 1.87. The van der Waals surface area contributed by atoms with Gasteiger partial charge in [-0.15, -0.1) is 0 Å². The number of aromatic nitrogens is 4. The van der Waals surface area contributed by atoms with Gasteiger partial charge in [0.05, 0.1) is 5.41 Å². The smallest absolute Gasteiger partial charge is 0.234 e. The molecular formula is C11H15N5O. The Morgan fingerprint density at radius 2 is 2.41 bits per heavy atom. The summed E-state index contributed by atoms with van der Waals surface area (Å²) in [5.74, 6) is 1.26. The van der Waals surface area contributed by atoms with E-state index in [9.17, 15) is 0 Å². The number of nitrogens with zero attached hydrogens (tertiary/aromatic N) is 4. The minimum absolute atomic E-state index is 0.0416. The second-order valence-electron chi connectivity index (χ2n) is 4.79. The van der Waals surface area contributed by atoms with Crippen LogP contribution in [0.25, 0.3) is 11.5 Å².